The van der Waals surface area contributed by atoms with E-state index >= 15 is 0 Å². The van der Waals surface area contributed by atoms with Crippen LogP contribution in [0.5, 0.6) is 0 Å². The van der Waals surface area contributed by atoms with Crippen LogP contribution in [-0.4, -0.2) is 11.3 Å². The van der Waals surface area contributed by atoms with Gasteiger partial charge in [0.2, 0.25) is 0 Å². The number of hydrogen-bond donors (Lipinski definition) is 1. The van der Waals surface area contributed by atoms with Crippen LogP contribution in [0, 0.1) is 0 Å². The van der Waals surface area contributed by atoms with Crippen LogP contribution in [-0.2, 0) is 0 Å². The molecule has 0 aromatic heterocycles. The van der Waals surface area contributed by atoms with E-state index < -0.39 is 5.54 Å². The minimum Gasteiger partial charge on any atom is -0.319 e. The number of benzene rings is 1. The summed E-state index contributed by atoms with van der Waals surface area (Å²) < 4.78 is 0. The number of carbonyl (C=O) groups is 1. The molecule has 2 heteroatoms. The van der Waals surface area contributed by atoms with Gasteiger partial charge in [-0.25, -0.2) is 0 Å². The molecule has 2 nitrogen and oxygen atoms in total. The molecule has 0 amide bonds. The standard InChI is InChI=1S/C14H19NO/c1-14(2,15)13(16)12-8-4-7-11(9-12)10-5-3-6-10/h4,7-10H,3,5-6,15H2,1-2H3. The Bertz CT molecular complexity index is 399. The topological polar surface area (TPSA) is 43.1 Å². The number of hydrogen-bond acceptors (Lipinski definition) is 2. The molecular weight excluding hydrogens is 198 g/mol. The van der Waals surface area contributed by atoms with E-state index in [0.717, 1.165) is 5.56 Å². The average molecular weight is 217 g/mol. The summed E-state index contributed by atoms with van der Waals surface area (Å²) in [5.41, 5.74) is 7.09. The zero-order chi connectivity index (χ0) is 11.8. The molecular formula is C14H19NO. The summed E-state index contributed by atoms with van der Waals surface area (Å²) in [5, 5.41) is 0. The van der Waals surface area contributed by atoms with Crippen molar-refractivity contribution in [2.75, 3.05) is 0 Å². The highest BCUT2D eigenvalue weighted by Crippen LogP contribution is 2.36. The molecule has 1 fully saturated rings. The van der Waals surface area contributed by atoms with Crippen molar-refractivity contribution in [2.24, 2.45) is 5.73 Å². The van der Waals surface area contributed by atoms with E-state index in [2.05, 4.69) is 6.07 Å². The van der Waals surface area contributed by atoms with E-state index in [1.54, 1.807) is 13.8 Å². The summed E-state index contributed by atoms with van der Waals surface area (Å²) in [4.78, 5) is 12.0. The van der Waals surface area contributed by atoms with Crippen LogP contribution in [0.2, 0.25) is 0 Å². The Kier molecular flexibility index (Phi) is 2.85. The van der Waals surface area contributed by atoms with E-state index in [4.69, 9.17) is 5.73 Å². The third kappa shape index (κ3) is 2.17. The summed E-state index contributed by atoms with van der Waals surface area (Å²) >= 11 is 0. The maximum atomic E-state index is 12.0. The van der Waals surface area contributed by atoms with Crippen molar-refractivity contribution in [2.45, 2.75) is 44.6 Å². The fourth-order valence-corrected chi connectivity index (χ4v) is 2.05. The molecule has 0 heterocycles. The monoisotopic (exact) mass is 217 g/mol. The predicted molar refractivity (Wildman–Crippen MR) is 65.6 cm³/mol. The second-order valence-corrected chi connectivity index (χ2v) is 5.30. The van der Waals surface area contributed by atoms with Crippen LogP contribution in [0.1, 0.15) is 54.9 Å². The molecule has 2 N–H and O–H groups in total. The van der Waals surface area contributed by atoms with Crippen LogP contribution in [0.25, 0.3) is 0 Å². The van der Waals surface area contributed by atoms with Crippen LogP contribution in [0.15, 0.2) is 24.3 Å². The third-order valence-electron chi connectivity index (χ3n) is 3.31. The van der Waals surface area contributed by atoms with Crippen molar-refractivity contribution in [3.05, 3.63) is 35.4 Å². The van der Waals surface area contributed by atoms with Gasteiger partial charge in [-0.2, -0.15) is 0 Å². The summed E-state index contributed by atoms with van der Waals surface area (Å²) in [6, 6.07) is 7.95. The number of ketones is 1. The molecule has 0 atom stereocenters. The van der Waals surface area contributed by atoms with Crippen molar-refractivity contribution >= 4 is 5.78 Å². The number of nitrogens with two attached hydrogens (primary N) is 1. The van der Waals surface area contributed by atoms with Gasteiger partial charge in [0.15, 0.2) is 5.78 Å². The van der Waals surface area contributed by atoms with Gasteiger partial charge in [0.1, 0.15) is 0 Å². The molecule has 86 valence electrons. The van der Waals surface area contributed by atoms with Gasteiger partial charge >= 0.3 is 0 Å². The molecule has 1 saturated carbocycles. The molecule has 0 saturated heterocycles. The normalized spacial score (nSPS) is 16.9. The number of rotatable bonds is 3. The largest absolute Gasteiger partial charge is 0.319 e. The SMILES string of the molecule is CC(C)(N)C(=O)c1cccc(C2CCC2)c1. The quantitative estimate of drug-likeness (QED) is 0.791. The molecule has 1 aliphatic rings. The lowest BCUT2D eigenvalue weighted by Gasteiger charge is -2.26. The Morgan fingerprint density at radius 3 is 2.56 bits per heavy atom. The van der Waals surface area contributed by atoms with E-state index in [1.165, 1.54) is 24.8 Å². The van der Waals surface area contributed by atoms with Crippen LogP contribution >= 0.6 is 0 Å². The molecule has 0 spiro atoms. The molecule has 1 aromatic rings. The summed E-state index contributed by atoms with van der Waals surface area (Å²) in [6.07, 6.45) is 3.82. The van der Waals surface area contributed by atoms with Gasteiger partial charge in [-0.15, -0.1) is 0 Å². The van der Waals surface area contributed by atoms with Gasteiger partial charge in [0.25, 0.3) is 0 Å². The van der Waals surface area contributed by atoms with Gasteiger partial charge in [-0.1, -0.05) is 24.6 Å². The molecule has 1 aliphatic carbocycles. The molecule has 16 heavy (non-hydrogen) atoms. The fraction of sp³-hybridized carbons (Fsp3) is 0.500. The Morgan fingerprint density at radius 1 is 1.38 bits per heavy atom. The van der Waals surface area contributed by atoms with E-state index in [-0.39, 0.29) is 5.78 Å². The first-order valence-electron chi connectivity index (χ1n) is 5.92. The van der Waals surface area contributed by atoms with Crippen LogP contribution in [0.4, 0.5) is 0 Å². The second kappa shape index (κ2) is 4.02. The highest BCUT2D eigenvalue weighted by atomic mass is 16.1. The van der Waals surface area contributed by atoms with Crippen molar-refractivity contribution in [1.82, 2.24) is 0 Å². The Balaban J connectivity index is 2.25. The molecule has 1 aromatic carbocycles. The summed E-state index contributed by atoms with van der Waals surface area (Å²) in [7, 11) is 0. The van der Waals surface area contributed by atoms with Gasteiger partial charge < -0.3 is 5.73 Å². The lowest BCUT2D eigenvalue weighted by atomic mass is 9.79. The van der Waals surface area contributed by atoms with Crippen molar-refractivity contribution < 1.29 is 4.79 Å². The first-order valence-corrected chi connectivity index (χ1v) is 5.92. The highest BCUT2D eigenvalue weighted by molar-refractivity contribution is 6.02. The first kappa shape index (κ1) is 11.3. The molecule has 0 aliphatic heterocycles. The zero-order valence-corrected chi connectivity index (χ0v) is 9.99. The smallest absolute Gasteiger partial charge is 0.182 e. The number of Topliss-reactive ketones (excluding diaryl/α,β-unsaturated/α-hetero) is 1. The molecule has 2 rings (SSSR count). The van der Waals surface area contributed by atoms with E-state index in [9.17, 15) is 4.79 Å². The minimum absolute atomic E-state index is 0.0219. The number of carbonyl (C=O) groups excluding carboxylic acids is 1. The molecule has 0 unspecified atom stereocenters. The van der Waals surface area contributed by atoms with Crippen molar-refractivity contribution in [3.63, 3.8) is 0 Å². The van der Waals surface area contributed by atoms with Gasteiger partial charge in [-0.05, 0) is 44.2 Å². The lowest BCUT2D eigenvalue weighted by Crippen LogP contribution is -2.41. The summed E-state index contributed by atoms with van der Waals surface area (Å²) in [6.45, 7) is 3.51. The van der Waals surface area contributed by atoms with Crippen molar-refractivity contribution in [3.8, 4) is 0 Å². The fourth-order valence-electron chi connectivity index (χ4n) is 2.05. The maximum Gasteiger partial charge on any atom is 0.182 e. The van der Waals surface area contributed by atoms with Crippen LogP contribution in [0.3, 0.4) is 0 Å². The highest BCUT2D eigenvalue weighted by Gasteiger charge is 2.25. The second-order valence-electron chi connectivity index (χ2n) is 5.30. The lowest BCUT2D eigenvalue weighted by molar-refractivity contribution is 0.0913. The van der Waals surface area contributed by atoms with Crippen LogP contribution < -0.4 is 5.73 Å². The third-order valence-corrected chi connectivity index (χ3v) is 3.31. The van der Waals surface area contributed by atoms with Crippen molar-refractivity contribution in [1.29, 1.82) is 0 Å². The predicted octanol–water partition coefficient (Wildman–Crippen LogP) is 2.87. The van der Waals surface area contributed by atoms with E-state index in [0.29, 0.717) is 5.92 Å². The van der Waals surface area contributed by atoms with Gasteiger partial charge in [-0.3, -0.25) is 4.79 Å². The Labute approximate surface area is 96.8 Å². The Morgan fingerprint density at radius 2 is 2.06 bits per heavy atom. The maximum absolute atomic E-state index is 12.0. The molecule has 0 radical (unpaired) electrons. The molecule has 0 bridgehead atoms. The minimum atomic E-state index is -0.780. The first-order chi connectivity index (χ1) is 7.48. The Hall–Kier alpha value is -1.15. The van der Waals surface area contributed by atoms with Gasteiger partial charge in [0.05, 0.1) is 5.54 Å². The van der Waals surface area contributed by atoms with E-state index in [1.807, 2.05) is 18.2 Å². The van der Waals surface area contributed by atoms with Gasteiger partial charge in [0, 0.05) is 5.56 Å². The average Bonchev–Trinajstić information content (AvgIpc) is 2.13. The summed E-state index contributed by atoms with van der Waals surface area (Å²) in [5.74, 6) is 0.683. The zero-order valence-electron chi connectivity index (χ0n) is 9.99.